The predicted octanol–water partition coefficient (Wildman–Crippen LogP) is 2.93. The van der Waals surface area contributed by atoms with Crippen LogP contribution >= 0.6 is 11.3 Å². The molecule has 0 amide bonds. The van der Waals surface area contributed by atoms with Crippen LogP contribution in [0.25, 0.3) is 11.1 Å². The highest BCUT2D eigenvalue weighted by molar-refractivity contribution is 7.21. The van der Waals surface area contributed by atoms with Crippen molar-refractivity contribution in [3.63, 3.8) is 0 Å². The number of anilines is 2. The minimum Gasteiger partial charge on any atom is -0.462 e. The van der Waals surface area contributed by atoms with Crippen LogP contribution in [0.1, 0.15) is 17.3 Å². The number of hydrogen-bond acceptors (Lipinski definition) is 6. The zero-order valence-electron chi connectivity index (χ0n) is 14.1. The zero-order chi connectivity index (χ0) is 17.1. The van der Waals surface area contributed by atoms with Crippen molar-refractivity contribution in [1.29, 1.82) is 0 Å². The summed E-state index contributed by atoms with van der Waals surface area (Å²) in [5.41, 5.74) is 8.63. The summed E-state index contributed by atoms with van der Waals surface area (Å²) in [6, 6.07) is 9.96. The van der Waals surface area contributed by atoms with Gasteiger partial charge in [0.05, 0.1) is 6.61 Å². The van der Waals surface area contributed by atoms with Gasteiger partial charge in [-0.1, -0.05) is 41.7 Å². The molecule has 2 heterocycles. The first-order valence-corrected chi connectivity index (χ1v) is 9.01. The van der Waals surface area contributed by atoms with E-state index in [0.717, 1.165) is 42.3 Å². The van der Waals surface area contributed by atoms with E-state index in [2.05, 4.69) is 16.8 Å². The third-order valence-electron chi connectivity index (χ3n) is 4.25. The van der Waals surface area contributed by atoms with Crippen LogP contribution in [0.4, 0.5) is 10.0 Å². The van der Waals surface area contributed by atoms with Gasteiger partial charge in [-0.25, -0.2) is 4.79 Å². The van der Waals surface area contributed by atoms with E-state index in [4.69, 9.17) is 10.5 Å². The highest BCUT2D eigenvalue weighted by Gasteiger charge is 2.28. The van der Waals surface area contributed by atoms with E-state index < -0.39 is 0 Å². The Morgan fingerprint density at radius 1 is 1.21 bits per heavy atom. The monoisotopic (exact) mass is 345 g/mol. The Bertz CT molecular complexity index is 707. The van der Waals surface area contributed by atoms with Crippen molar-refractivity contribution < 1.29 is 9.53 Å². The second-order valence-corrected chi connectivity index (χ2v) is 6.93. The normalized spacial score (nSPS) is 15.5. The Morgan fingerprint density at radius 2 is 1.88 bits per heavy atom. The molecule has 1 aromatic carbocycles. The average molecular weight is 345 g/mol. The summed E-state index contributed by atoms with van der Waals surface area (Å²) in [5, 5.41) is 1.59. The second-order valence-electron chi connectivity index (χ2n) is 5.90. The fraction of sp³-hybridized carbons (Fsp3) is 0.389. The Balaban J connectivity index is 2.08. The van der Waals surface area contributed by atoms with E-state index in [9.17, 15) is 4.79 Å². The minimum atomic E-state index is -0.342. The molecule has 6 heteroatoms. The minimum absolute atomic E-state index is 0.339. The molecule has 3 rings (SSSR count). The van der Waals surface area contributed by atoms with Crippen LogP contribution in [-0.4, -0.2) is 50.7 Å². The maximum atomic E-state index is 12.5. The van der Waals surface area contributed by atoms with Gasteiger partial charge in [-0.05, 0) is 19.5 Å². The molecule has 0 spiro atoms. The molecule has 128 valence electrons. The lowest BCUT2D eigenvalue weighted by Gasteiger charge is -2.33. The van der Waals surface area contributed by atoms with Crippen LogP contribution in [0.5, 0.6) is 0 Å². The van der Waals surface area contributed by atoms with Crippen LogP contribution in [0, 0.1) is 0 Å². The largest absolute Gasteiger partial charge is 0.462 e. The van der Waals surface area contributed by atoms with E-state index >= 15 is 0 Å². The van der Waals surface area contributed by atoms with Gasteiger partial charge < -0.3 is 20.3 Å². The summed E-state index contributed by atoms with van der Waals surface area (Å²) >= 11 is 1.48. The molecule has 1 fully saturated rings. The molecule has 2 aromatic rings. The van der Waals surface area contributed by atoms with Crippen molar-refractivity contribution in [1.82, 2.24) is 4.90 Å². The molecule has 5 nitrogen and oxygen atoms in total. The maximum absolute atomic E-state index is 12.5. The van der Waals surface area contributed by atoms with E-state index in [0.29, 0.717) is 17.2 Å². The standard InChI is InChI=1S/C18H23N3O2S/c1-3-23-18(22)15-14(13-7-5-4-6-8-13)17(24-16(15)19)21-11-9-20(2)10-12-21/h4-8H,3,9-12,19H2,1-2H3. The average Bonchev–Trinajstić information content (AvgIpc) is 2.94. The molecular formula is C18H23N3O2S. The van der Waals surface area contributed by atoms with Crippen LogP contribution in [0.3, 0.4) is 0 Å². The van der Waals surface area contributed by atoms with Crippen LogP contribution in [0.2, 0.25) is 0 Å². The van der Waals surface area contributed by atoms with E-state index in [-0.39, 0.29) is 5.97 Å². The molecule has 1 aliphatic rings. The summed E-state index contributed by atoms with van der Waals surface area (Å²) in [7, 11) is 2.13. The lowest BCUT2D eigenvalue weighted by atomic mass is 10.0. The van der Waals surface area contributed by atoms with Gasteiger partial charge in [-0.2, -0.15) is 0 Å². The number of esters is 1. The van der Waals surface area contributed by atoms with Crippen LogP contribution < -0.4 is 10.6 Å². The van der Waals surface area contributed by atoms with Crippen molar-refractivity contribution in [3.05, 3.63) is 35.9 Å². The molecule has 0 radical (unpaired) electrons. The number of piperazine rings is 1. The molecule has 0 atom stereocenters. The summed E-state index contributed by atoms with van der Waals surface area (Å²) in [4.78, 5) is 17.1. The Morgan fingerprint density at radius 3 is 2.50 bits per heavy atom. The Labute approximate surface area is 146 Å². The first-order valence-electron chi connectivity index (χ1n) is 8.20. The number of thiophene rings is 1. The van der Waals surface area contributed by atoms with E-state index in [1.54, 1.807) is 0 Å². The molecule has 1 aliphatic heterocycles. The number of carbonyl (C=O) groups is 1. The van der Waals surface area contributed by atoms with Crippen molar-refractivity contribution in [2.45, 2.75) is 6.92 Å². The Kier molecular flexibility index (Phi) is 5.06. The van der Waals surface area contributed by atoms with Gasteiger partial charge in [0.2, 0.25) is 0 Å². The van der Waals surface area contributed by atoms with Gasteiger partial charge in [0, 0.05) is 31.7 Å². The number of nitrogen functional groups attached to an aromatic ring is 1. The maximum Gasteiger partial charge on any atom is 0.341 e. The predicted molar refractivity (Wildman–Crippen MR) is 99.8 cm³/mol. The van der Waals surface area contributed by atoms with Crippen molar-refractivity contribution in [2.24, 2.45) is 0 Å². The molecule has 0 saturated carbocycles. The number of carbonyl (C=O) groups excluding carboxylic acids is 1. The first kappa shape index (κ1) is 16.8. The lowest BCUT2D eigenvalue weighted by molar-refractivity contribution is 0.0529. The number of nitrogens with two attached hydrogens (primary N) is 1. The van der Waals surface area contributed by atoms with Crippen molar-refractivity contribution in [2.75, 3.05) is 50.5 Å². The molecule has 0 unspecified atom stereocenters. The van der Waals surface area contributed by atoms with Gasteiger partial charge >= 0.3 is 5.97 Å². The molecule has 1 aromatic heterocycles. The van der Waals surface area contributed by atoms with Gasteiger partial charge in [0.1, 0.15) is 15.6 Å². The van der Waals surface area contributed by atoms with E-state index in [1.807, 2.05) is 37.3 Å². The van der Waals surface area contributed by atoms with Gasteiger partial charge in [-0.3, -0.25) is 0 Å². The molecular weight excluding hydrogens is 322 g/mol. The number of hydrogen-bond donors (Lipinski definition) is 1. The lowest BCUT2D eigenvalue weighted by Crippen LogP contribution is -2.44. The van der Waals surface area contributed by atoms with Crippen LogP contribution in [0.15, 0.2) is 30.3 Å². The van der Waals surface area contributed by atoms with Gasteiger partial charge in [0.25, 0.3) is 0 Å². The molecule has 0 bridgehead atoms. The number of rotatable bonds is 4. The van der Waals surface area contributed by atoms with Crippen molar-refractivity contribution in [3.8, 4) is 11.1 Å². The number of likely N-dealkylation sites (N-methyl/N-ethyl adjacent to an activating group) is 1. The number of benzene rings is 1. The highest BCUT2D eigenvalue weighted by atomic mass is 32.1. The Hall–Kier alpha value is -2.05. The van der Waals surface area contributed by atoms with Gasteiger partial charge in [-0.15, -0.1) is 0 Å². The second kappa shape index (κ2) is 7.23. The van der Waals surface area contributed by atoms with Crippen LogP contribution in [-0.2, 0) is 4.74 Å². The number of nitrogens with zero attached hydrogens (tertiary/aromatic N) is 2. The van der Waals surface area contributed by atoms with E-state index in [1.165, 1.54) is 11.3 Å². The number of ether oxygens (including phenoxy) is 1. The summed E-state index contributed by atoms with van der Waals surface area (Å²) in [5.74, 6) is -0.342. The third kappa shape index (κ3) is 3.25. The molecule has 0 aliphatic carbocycles. The summed E-state index contributed by atoms with van der Waals surface area (Å²) in [6.07, 6.45) is 0. The smallest absolute Gasteiger partial charge is 0.341 e. The fourth-order valence-electron chi connectivity index (χ4n) is 2.95. The SMILES string of the molecule is CCOC(=O)c1c(N)sc(N2CCN(C)CC2)c1-c1ccccc1. The first-order chi connectivity index (χ1) is 11.6. The summed E-state index contributed by atoms with van der Waals surface area (Å²) < 4.78 is 5.25. The molecule has 2 N–H and O–H groups in total. The topological polar surface area (TPSA) is 58.8 Å². The highest BCUT2D eigenvalue weighted by Crippen LogP contribution is 2.45. The summed E-state index contributed by atoms with van der Waals surface area (Å²) in [6.45, 7) is 6.01. The van der Waals surface area contributed by atoms with Gasteiger partial charge in [0.15, 0.2) is 0 Å². The zero-order valence-corrected chi connectivity index (χ0v) is 14.9. The fourth-order valence-corrected chi connectivity index (χ4v) is 4.08. The third-order valence-corrected chi connectivity index (χ3v) is 5.33. The molecule has 1 saturated heterocycles. The van der Waals surface area contributed by atoms with Crippen molar-refractivity contribution >= 4 is 27.3 Å². The quantitative estimate of drug-likeness (QED) is 0.864. The molecule has 24 heavy (non-hydrogen) atoms.